The summed E-state index contributed by atoms with van der Waals surface area (Å²) in [7, 11) is 3.58. The average molecular weight is 263 g/mol. The van der Waals surface area contributed by atoms with Gasteiger partial charge >= 0.3 is 5.97 Å². The SMILES string of the molecule is COC(C(=O)OC1CCCN(C)C1)c1ccccc1. The van der Waals surface area contributed by atoms with Gasteiger partial charge in [0.1, 0.15) is 6.10 Å². The highest BCUT2D eigenvalue weighted by molar-refractivity contribution is 5.76. The molecule has 1 aromatic carbocycles. The van der Waals surface area contributed by atoms with Gasteiger partial charge in [-0.3, -0.25) is 0 Å². The molecule has 2 rings (SSSR count). The Labute approximate surface area is 114 Å². The minimum absolute atomic E-state index is 0.0207. The van der Waals surface area contributed by atoms with Crippen LogP contribution in [0.1, 0.15) is 24.5 Å². The summed E-state index contributed by atoms with van der Waals surface area (Å²) in [5.74, 6) is -0.297. The van der Waals surface area contributed by atoms with Crippen molar-refractivity contribution in [3.63, 3.8) is 0 Å². The highest BCUT2D eigenvalue weighted by Crippen LogP contribution is 2.20. The van der Waals surface area contributed by atoms with Gasteiger partial charge in [0.05, 0.1) is 0 Å². The second-order valence-electron chi connectivity index (χ2n) is 4.99. The third-order valence-electron chi connectivity index (χ3n) is 3.42. The third kappa shape index (κ3) is 3.78. The minimum Gasteiger partial charge on any atom is -0.459 e. The molecular formula is C15H21NO3. The van der Waals surface area contributed by atoms with E-state index in [0.29, 0.717) is 0 Å². The number of likely N-dealkylation sites (tertiary alicyclic amines) is 1. The molecule has 0 aliphatic carbocycles. The monoisotopic (exact) mass is 263 g/mol. The number of ether oxygens (including phenoxy) is 2. The van der Waals surface area contributed by atoms with Gasteiger partial charge in [0.25, 0.3) is 0 Å². The van der Waals surface area contributed by atoms with Gasteiger partial charge in [0, 0.05) is 13.7 Å². The summed E-state index contributed by atoms with van der Waals surface area (Å²) in [5.41, 5.74) is 0.833. The standard InChI is InChI=1S/C15H21NO3/c1-16-10-6-9-13(11-16)19-15(17)14(18-2)12-7-4-3-5-8-12/h3-5,7-8,13-14H,6,9-11H2,1-2H3. The van der Waals surface area contributed by atoms with Crippen molar-refractivity contribution >= 4 is 5.97 Å². The van der Waals surface area contributed by atoms with Gasteiger partial charge in [-0.2, -0.15) is 0 Å². The van der Waals surface area contributed by atoms with E-state index in [1.165, 1.54) is 7.11 Å². The molecule has 4 heteroatoms. The first-order valence-corrected chi connectivity index (χ1v) is 6.67. The quantitative estimate of drug-likeness (QED) is 0.779. The molecule has 1 aliphatic heterocycles. The molecular weight excluding hydrogens is 242 g/mol. The molecule has 1 heterocycles. The van der Waals surface area contributed by atoms with E-state index < -0.39 is 6.10 Å². The fourth-order valence-electron chi connectivity index (χ4n) is 2.44. The van der Waals surface area contributed by atoms with E-state index in [1.807, 2.05) is 37.4 Å². The molecule has 0 spiro atoms. The van der Waals surface area contributed by atoms with E-state index in [0.717, 1.165) is 31.5 Å². The second kappa shape index (κ2) is 6.68. The Hall–Kier alpha value is -1.39. The van der Waals surface area contributed by atoms with Gasteiger partial charge in [0.15, 0.2) is 6.10 Å². The molecule has 104 valence electrons. The molecule has 0 radical (unpaired) electrons. The molecule has 1 aliphatic rings. The molecule has 0 N–H and O–H groups in total. The van der Waals surface area contributed by atoms with E-state index in [1.54, 1.807) is 0 Å². The first kappa shape index (κ1) is 14.0. The number of benzene rings is 1. The summed E-state index contributed by atoms with van der Waals surface area (Å²) in [4.78, 5) is 14.4. The van der Waals surface area contributed by atoms with Crippen LogP contribution in [-0.2, 0) is 14.3 Å². The number of carbonyl (C=O) groups is 1. The van der Waals surface area contributed by atoms with Crippen LogP contribution in [0.3, 0.4) is 0 Å². The zero-order valence-corrected chi connectivity index (χ0v) is 11.5. The van der Waals surface area contributed by atoms with Crippen LogP contribution in [0.15, 0.2) is 30.3 Å². The summed E-state index contributed by atoms with van der Waals surface area (Å²) in [6.45, 7) is 1.87. The second-order valence-corrected chi connectivity index (χ2v) is 4.99. The summed E-state index contributed by atoms with van der Waals surface area (Å²) in [5, 5.41) is 0. The lowest BCUT2D eigenvalue weighted by atomic mass is 10.1. The van der Waals surface area contributed by atoms with Gasteiger partial charge in [0.2, 0.25) is 0 Å². The molecule has 2 unspecified atom stereocenters. The van der Waals surface area contributed by atoms with Crippen LogP contribution in [-0.4, -0.2) is 44.2 Å². The number of methoxy groups -OCH3 is 1. The Morgan fingerprint density at radius 3 is 2.74 bits per heavy atom. The Kier molecular flexibility index (Phi) is 4.93. The van der Waals surface area contributed by atoms with Crippen molar-refractivity contribution in [1.29, 1.82) is 0 Å². The molecule has 2 atom stereocenters. The first-order valence-electron chi connectivity index (χ1n) is 6.67. The van der Waals surface area contributed by atoms with E-state index in [4.69, 9.17) is 9.47 Å². The Morgan fingerprint density at radius 1 is 1.37 bits per heavy atom. The number of esters is 1. The topological polar surface area (TPSA) is 38.8 Å². The molecule has 1 saturated heterocycles. The van der Waals surface area contributed by atoms with Gasteiger partial charge in [-0.1, -0.05) is 30.3 Å². The highest BCUT2D eigenvalue weighted by atomic mass is 16.6. The lowest BCUT2D eigenvalue weighted by Crippen LogP contribution is -2.39. The number of hydrogen-bond acceptors (Lipinski definition) is 4. The van der Waals surface area contributed by atoms with Gasteiger partial charge in [-0.25, -0.2) is 4.79 Å². The van der Waals surface area contributed by atoms with Crippen LogP contribution in [0.4, 0.5) is 0 Å². The number of rotatable bonds is 4. The van der Waals surface area contributed by atoms with Crippen LogP contribution in [0.5, 0.6) is 0 Å². The minimum atomic E-state index is -0.631. The van der Waals surface area contributed by atoms with Gasteiger partial charge < -0.3 is 14.4 Å². The Bertz CT molecular complexity index is 407. The number of nitrogens with zero attached hydrogens (tertiary/aromatic N) is 1. The zero-order chi connectivity index (χ0) is 13.7. The molecule has 1 fully saturated rings. The predicted octanol–water partition coefficient (Wildman–Crippen LogP) is 2.01. The molecule has 4 nitrogen and oxygen atoms in total. The third-order valence-corrected chi connectivity index (χ3v) is 3.42. The summed E-state index contributed by atoms with van der Waals surface area (Å²) < 4.78 is 10.8. The molecule has 0 aromatic heterocycles. The Morgan fingerprint density at radius 2 is 2.11 bits per heavy atom. The molecule has 1 aromatic rings. The summed E-state index contributed by atoms with van der Waals surface area (Å²) in [6, 6.07) is 9.45. The normalized spacial score (nSPS) is 21.9. The van der Waals surface area contributed by atoms with Crippen molar-refractivity contribution in [3.05, 3.63) is 35.9 Å². The summed E-state index contributed by atoms with van der Waals surface area (Å²) in [6.07, 6.45) is 1.35. The van der Waals surface area contributed by atoms with E-state index in [-0.39, 0.29) is 12.1 Å². The number of carbonyl (C=O) groups excluding carboxylic acids is 1. The maximum absolute atomic E-state index is 12.2. The van der Waals surface area contributed by atoms with Crippen LogP contribution >= 0.6 is 0 Å². The van der Waals surface area contributed by atoms with Crippen molar-refractivity contribution < 1.29 is 14.3 Å². The predicted molar refractivity (Wildman–Crippen MR) is 72.8 cm³/mol. The number of likely N-dealkylation sites (N-methyl/N-ethyl adjacent to an activating group) is 1. The average Bonchev–Trinajstić information content (AvgIpc) is 2.41. The van der Waals surface area contributed by atoms with Gasteiger partial charge in [-0.05, 0) is 32.0 Å². The van der Waals surface area contributed by atoms with Crippen molar-refractivity contribution in [2.24, 2.45) is 0 Å². The van der Waals surface area contributed by atoms with Crippen molar-refractivity contribution in [1.82, 2.24) is 4.90 Å². The lowest BCUT2D eigenvalue weighted by molar-refractivity contribution is -0.163. The molecule has 0 saturated carbocycles. The van der Waals surface area contributed by atoms with E-state index in [9.17, 15) is 4.79 Å². The van der Waals surface area contributed by atoms with E-state index >= 15 is 0 Å². The Balaban J connectivity index is 1.97. The molecule has 0 bridgehead atoms. The number of hydrogen-bond donors (Lipinski definition) is 0. The van der Waals surface area contributed by atoms with Crippen molar-refractivity contribution in [3.8, 4) is 0 Å². The van der Waals surface area contributed by atoms with Crippen molar-refractivity contribution in [2.75, 3.05) is 27.2 Å². The first-order chi connectivity index (χ1) is 9.20. The van der Waals surface area contributed by atoms with Crippen LogP contribution in [0.2, 0.25) is 0 Å². The van der Waals surface area contributed by atoms with Crippen LogP contribution in [0, 0.1) is 0 Å². The van der Waals surface area contributed by atoms with Crippen molar-refractivity contribution in [2.45, 2.75) is 25.0 Å². The maximum Gasteiger partial charge on any atom is 0.340 e. The number of piperidine rings is 1. The molecule has 19 heavy (non-hydrogen) atoms. The fraction of sp³-hybridized carbons (Fsp3) is 0.533. The van der Waals surface area contributed by atoms with Gasteiger partial charge in [-0.15, -0.1) is 0 Å². The maximum atomic E-state index is 12.2. The largest absolute Gasteiger partial charge is 0.459 e. The van der Waals surface area contributed by atoms with Crippen LogP contribution < -0.4 is 0 Å². The smallest absolute Gasteiger partial charge is 0.340 e. The fourth-order valence-corrected chi connectivity index (χ4v) is 2.44. The van der Waals surface area contributed by atoms with E-state index in [2.05, 4.69) is 4.90 Å². The van der Waals surface area contributed by atoms with Crippen LogP contribution in [0.25, 0.3) is 0 Å². The zero-order valence-electron chi connectivity index (χ0n) is 11.5. The molecule has 0 amide bonds. The summed E-state index contributed by atoms with van der Waals surface area (Å²) >= 11 is 0. The lowest BCUT2D eigenvalue weighted by Gasteiger charge is -2.30. The highest BCUT2D eigenvalue weighted by Gasteiger charge is 2.27.